The van der Waals surface area contributed by atoms with Gasteiger partial charge in [0.2, 0.25) is 0 Å². The zero-order chi connectivity index (χ0) is 12.5. The predicted octanol–water partition coefficient (Wildman–Crippen LogP) is 1.87. The highest BCUT2D eigenvalue weighted by Crippen LogP contribution is 2.35. The fraction of sp³-hybridized carbons (Fsp3) is 1.00. The van der Waals surface area contributed by atoms with Crippen molar-refractivity contribution >= 4 is 0 Å². The van der Waals surface area contributed by atoms with E-state index in [-0.39, 0.29) is 0 Å². The van der Waals surface area contributed by atoms with Crippen molar-refractivity contribution in [3.63, 3.8) is 0 Å². The van der Waals surface area contributed by atoms with Crippen LogP contribution in [0.5, 0.6) is 0 Å². The quantitative estimate of drug-likeness (QED) is 0.827. The van der Waals surface area contributed by atoms with Crippen LogP contribution in [0.1, 0.15) is 39.5 Å². The third-order valence-electron chi connectivity index (χ3n) is 5.32. The van der Waals surface area contributed by atoms with Gasteiger partial charge in [-0.2, -0.15) is 0 Å². The summed E-state index contributed by atoms with van der Waals surface area (Å²) in [4.78, 5) is 2.79. The van der Waals surface area contributed by atoms with Crippen LogP contribution in [0.4, 0.5) is 0 Å². The van der Waals surface area contributed by atoms with E-state index in [0.29, 0.717) is 6.04 Å². The standard InChI is InChI=1S/C15H28N2O/c1-3-14-8-16-15(12-4-5-12)9-17(14)11(2)13-6-7-18-10-13/h11-16H,3-10H2,1-2H3. The van der Waals surface area contributed by atoms with Crippen LogP contribution >= 0.6 is 0 Å². The van der Waals surface area contributed by atoms with Crippen molar-refractivity contribution in [3.8, 4) is 0 Å². The summed E-state index contributed by atoms with van der Waals surface area (Å²) in [5, 5.41) is 3.78. The molecule has 3 fully saturated rings. The summed E-state index contributed by atoms with van der Waals surface area (Å²) in [5.41, 5.74) is 0. The van der Waals surface area contributed by atoms with Gasteiger partial charge in [-0.05, 0) is 44.4 Å². The molecule has 2 saturated heterocycles. The van der Waals surface area contributed by atoms with Crippen LogP contribution in [0, 0.1) is 11.8 Å². The molecular weight excluding hydrogens is 224 g/mol. The summed E-state index contributed by atoms with van der Waals surface area (Å²) in [6.07, 6.45) is 5.42. The highest BCUT2D eigenvalue weighted by atomic mass is 16.5. The first kappa shape index (κ1) is 12.9. The molecule has 4 unspecified atom stereocenters. The fourth-order valence-electron chi connectivity index (χ4n) is 3.74. The van der Waals surface area contributed by atoms with Crippen LogP contribution in [-0.2, 0) is 4.74 Å². The number of hydrogen-bond acceptors (Lipinski definition) is 3. The molecule has 2 heterocycles. The molecule has 3 aliphatic rings. The predicted molar refractivity (Wildman–Crippen MR) is 73.7 cm³/mol. The normalized spacial score (nSPS) is 40.0. The Bertz CT molecular complexity index is 274. The molecule has 0 radical (unpaired) electrons. The molecule has 1 saturated carbocycles. The van der Waals surface area contributed by atoms with Gasteiger partial charge in [0.15, 0.2) is 0 Å². The van der Waals surface area contributed by atoms with Gasteiger partial charge in [0.25, 0.3) is 0 Å². The van der Waals surface area contributed by atoms with Gasteiger partial charge >= 0.3 is 0 Å². The first-order valence-corrected chi connectivity index (χ1v) is 7.86. The van der Waals surface area contributed by atoms with E-state index in [1.165, 1.54) is 38.8 Å². The Balaban J connectivity index is 1.64. The van der Waals surface area contributed by atoms with Gasteiger partial charge in [0.05, 0.1) is 6.61 Å². The Morgan fingerprint density at radius 1 is 1.33 bits per heavy atom. The first-order valence-electron chi connectivity index (χ1n) is 7.86. The van der Waals surface area contributed by atoms with Gasteiger partial charge in [0.1, 0.15) is 0 Å². The number of nitrogens with zero attached hydrogens (tertiary/aromatic N) is 1. The topological polar surface area (TPSA) is 24.5 Å². The summed E-state index contributed by atoms with van der Waals surface area (Å²) in [6.45, 7) is 9.17. The molecule has 2 aliphatic heterocycles. The molecule has 0 spiro atoms. The van der Waals surface area contributed by atoms with Crippen molar-refractivity contribution in [1.82, 2.24) is 10.2 Å². The van der Waals surface area contributed by atoms with Crippen LogP contribution in [-0.4, -0.2) is 49.3 Å². The lowest BCUT2D eigenvalue weighted by Crippen LogP contribution is -2.60. The van der Waals surface area contributed by atoms with Gasteiger partial charge in [-0.1, -0.05) is 6.92 Å². The van der Waals surface area contributed by atoms with Crippen molar-refractivity contribution < 1.29 is 4.74 Å². The molecule has 0 aromatic carbocycles. The molecule has 18 heavy (non-hydrogen) atoms. The van der Waals surface area contributed by atoms with E-state index in [0.717, 1.165) is 37.1 Å². The minimum absolute atomic E-state index is 0.695. The van der Waals surface area contributed by atoms with Gasteiger partial charge < -0.3 is 10.1 Å². The largest absolute Gasteiger partial charge is 0.381 e. The lowest BCUT2D eigenvalue weighted by molar-refractivity contribution is 0.0484. The van der Waals surface area contributed by atoms with Crippen LogP contribution in [0.25, 0.3) is 0 Å². The van der Waals surface area contributed by atoms with Crippen molar-refractivity contribution in [2.75, 3.05) is 26.3 Å². The van der Waals surface area contributed by atoms with Gasteiger partial charge in [0, 0.05) is 37.8 Å². The molecule has 0 aromatic heterocycles. The minimum Gasteiger partial charge on any atom is -0.381 e. The number of nitrogens with one attached hydrogen (secondary N) is 1. The second-order valence-corrected chi connectivity index (χ2v) is 6.48. The molecule has 1 aliphatic carbocycles. The smallest absolute Gasteiger partial charge is 0.0509 e. The van der Waals surface area contributed by atoms with Gasteiger partial charge in [-0.15, -0.1) is 0 Å². The third kappa shape index (κ3) is 2.59. The zero-order valence-corrected chi connectivity index (χ0v) is 11.9. The fourth-order valence-corrected chi connectivity index (χ4v) is 3.74. The average Bonchev–Trinajstić information content (AvgIpc) is 3.12. The molecule has 0 amide bonds. The average molecular weight is 252 g/mol. The summed E-state index contributed by atoms with van der Waals surface area (Å²) in [5.74, 6) is 1.73. The van der Waals surface area contributed by atoms with E-state index in [1.54, 1.807) is 0 Å². The van der Waals surface area contributed by atoms with E-state index in [1.807, 2.05) is 0 Å². The Hall–Kier alpha value is -0.120. The molecule has 1 N–H and O–H groups in total. The van der Waals surface area contributed by atoms with Crippen molar-refractivity contribution in [2.45, 2.75) is 57.7 Å². The number of hydrogen-bond donors (Lipinski definition) is 1. The second kappa shape index (κ2) is 5.48. The zero-order valence-electron chi connectivity index (χ0n) is 11.9. The van der Waals surface area contributed by atoms with Crippen LogP contribution in [0.3, 0.4) is 0 Å². The molecular formula is C15H28N2O. The SMILES string of the molecule is CCC1CNC(C2CC2)CN1C(C)C1CCOC1. The number of piperazine rings is 1. The van der Waals surface area contributed by atoms with Crippen molar-refractivity contribution in [1.29, 1.82) is 0 Å². The number of rotatable bonds is 4. The van der Waals surface area contributed by atoms with E-state index in [4.69, 9.17) is 4.74 Å². The van der Waals surface area contributed by atoms with E-state index >= 15 is 0 Å². The molecule has 0 bridgehead atoms. The highest BCUT2D eigenvalue weighted by Gasteiger charge is 2.39. The van der Waals surface area contributed by atoms with Crippen molar-refractivity contribution in [3.05, 3.63) is 0 Å². The summed E-state index contributed by atoms with van der Waals surface area (Å²) < 4.78 is 5.58. The van der Waals surface area contributed by atoms with Crippen LogP contribution in [0.15, 0.2) is 0 Å². The molecule has 3 rings (SSSR count). The van der Waals surface area contributed by atoms with Gasteiger partial charge in [-0.3, -0.25) is 4.90 Å². The molecule has 0 aromatic rings. The Morgan fingerprint density at radius 3 is 2.78 bits per heavy atom. The maximum Gasteiger partial charge on any atom is 0.0509 e. The summed E-state index contributed by atoms with van der Waals surface area (Å²) >= 11 is 0. The molecule has 3 heteroatoms. The van der Waals surface area contributed by atoms with Gasteiger partial charge in [-0.25, -0.2) is 0 Å². The minimum atomic E-state index is 0.695. The van der Waals surface area contributed by atoms with E-state index in [9.17, 15) is 0 Å². The van der Waals surface area contributed by atoms with Crippen molar-refractivity contribution in [2.24, 2.45) is 11.8 Å². The third-order valence-corrected chi connectivity index (χ3v) is 5.32. The lowest BCUT2D eigenvalue weighted by atomic mass is 9.94. The molecule has 3 nitrogen and oxygen atoms in total. The maximum absolute atomic E-state index is 5.58. The Labute approximate surface area is 111 Å². The summed E-state index contributed by atoms with van der Waals surface area (Å²) in [6, 6.07) is 2.19. The summed E-state index contributed by atoms with van der Waals surface area (Å²) in [7, 11) is 0. The molecule has 104 valence electrons. The Morgan fingerprint density at radius 2 is 2.17 bits per heavy atom. The van der Waals surface area contributed by atoms with Crippen LogP contribution < -0.4 is 5.32 Å². The second-order valence-electron chi connectivity index (χ2n) is 6.48. The Kier molecular flexibility index (Phi) is 3.92. The van der Waals surface area contributed by atoms with E-state index in [2.05, 4.69) is 24.1 Å². The monoisotopic (exact) mass is 252 g/mol. The van der Waals surface area contributed by atoms with Crippen LogP contribution in [0.2, 0.25) is 0 Å². The highest BCUT2D eigenvalue weighted by molar-refractivity contribution is 4.96. The maximum atomic E-state index is 5.58. The van der Waals surface area contributed by atoms with E-state index < -0.39 is 0 Å². The molecule has 4 atom stereocenters. The first-order chi connectivity index (χ1) is 8.79. The lowest BCUT2D eigenvalue weighted by Gasteiger charge is -2.45. The number of ether oxygens (including phenoxy) is 1.